The molecule has 2 aliphatic heterocycles. The van der Waals surface area contributed by atoms with Crippen LogP contribution in [0.5, 0.6) is 0 Å². The van der Waals surface area contributed by atoms with E-state index >= 15 is 0 Å². The fourth-order valence-corrected chi connectivity index (χ4v) is 4.30. The molecule has 1 saturated heterocycles. The molecule has 26 heavy (non-hydrogen) atoms. The fourth-order valence-electron chi connectivity index (χ4n) is 4.30. The number of para-hydroxylation sites is 1. The van der Waals surface area contributed by atoms with E-state index in [0.29, 0.717) is 0 Å². The highest BCUT2D eigenvalue weighted by Gasteiger charge is 2.23. The summed E-state index contributed by atoms with van der Waals surface area (Å²) in [6.07, 6.45) is 3.08. The highest BCUT2D eigenvalue weighted by molar-refractivity contribution is 5.86. The number of aromatic nitrogens is 2. The van der Waals surface area contributed by atoms with E-state index < -0.39 is 0 Å². The van der Waals surface area contributed by atoms with E-state index in [9.17, 15) is 0 Å². The van der Waals surface area contributed by atoms with Gasteiger partial charge in [-0.05, 0) is 18.2 Å². The lowest BCUT2D eigenvalue weighted by Crippen LogP contribution is -2.36. The summed E-state index contributed by atoms with van der Waals surface area (Å²) < 4.78 is 7.80. The van der Waals surface area contributed by atoms with Crippen molar-refractivity contribution in [1.82, 2.24) is 9.55 Å². The summed E-state index contributed by atoms with van der Waals surface area (Å²) in [5, 5.41) is 1.37. The molecule has 1 aromatic carbocycles. The Labute approximate surface area is 153 Å². The molecule has 0 atom stereocenters. The molecule has 2 aliphatic rings. The first-order chi connectivity index (χ1) is 12.8. The molecule has 1 fully saturated rings. The lowest BCUT2D eigenvalue weighted by molar-refractivity contribution is 0.122. The molecular formula is C21H24N4O. The van der Waals surface area contributed by atoms with Gasteiger partial charge >= 0.3 is 0 Å². The monoisotopic (exact) mass is 348 g/mol. The number of benzene rings is 1. The normalized spacial score (nSPS) is 17.6. The Kier molecular flexibility index (Phi) is 3.82. The Morgan fingerprint density at radius 1 is 0.962 bits per heavy atom. The molecule has 0 unspecified atom stereocenters. The number of anilines is 2. The van der Waals surface area contributed by atoms with Crippen molar-refractivity contribution in [3.63, 3.8) is 0 Å². The number of hydrogen-bond donors (Lipinski definition) is 0. The van der Waals surface area contributed by atoms with Gasteiger partial charge in [0.25, 0.3) is 0 Å². The number of nitrogens with zero attached hydrogens (tertiary/aromatic N) is 4. The van der Waals surface area contributed by atoms with Crippen LogP contribution in [0.15, 0.2) is 42.6 Å². The van der Waals surface area contributed by atoms with E-state index in [1.165, 1.54) is 27.8 Å². The van der Waals surface area contributed by atoms with Crippen LogP contribution in [-0.2, 0) is 24.8 Å². The van der Waals surface area contributed by atoms with E-state index in [1.54, 1.807) is 0 Å². The molecule has 0 amide bonds. The average Bonchev–Trinajstić information content (AvgIpc) is 3.01. The van der Waals surface area contributed by atoms with Gasteiger partial charge in [-0.25, -0.2) is 4.98 Å². The van der Waals surface area contributed by atoms with Gasteiger partial charge in [0.1, 0.15) is 5.82 Å². The number of ether oxygens (including phenoxy) is 1. The molecule has 0 spiro atoms. The number of fused-ring (bicyclic) bond motifs is 3. The summed E-state index contributed by atoms with van der Waals surface area (Å²) in [5.74, 6) is 1.07. The fraction of sp³-hybridized carbons (Fsp3) is 0.381. The van der Waals surface area contributed by atoms with E-state index in [1.807, 2.05) is 6.20 Å². The Hall–Kier alpha value is -2.53. The topological polar surface area (TPSA) is 33.5 Å². The number of rotatable bonds is 2. The van der Waals surface area contributed by atoms with Gasteiger partial charge in [-0.1, -0.05) is 18.2 Å². The van der Waals surface area contributed by atoms with Crippen LogP contribution in [0.1, 0.15) is 11.3 Å². The molecule has 0 radical (unpaired) electrons. The van der Waals surface area contributed by atoms with Gasteiger partial charge in [-0.3, -0.25) is 0 Å². The van der Waals surface area contributed by atoms with Crippen LogP contribution in [0.4, 0.5) is 11.5 Å². The maximum Gasteiger partial charge on any atom is 0.128 e. The Morgan fingerprint density at radius 2 is 1.81 bits per heavy atom. The van der Waals surface area contributed by atoms with Crippen molar-refractivity contribution in [2.45, 2.75) is 13.0 Å². The van der Waals surface area contributed by atoms with Crippen LogP contribution in [0, 0.1) is 0 Å². The van der Waals surface area contributed by atoms with Crippen LogP contribution in [0.3, 0.4) is 0 Å². The highest BCUT2D eigenvalue weighted by Crippen LogP contribution is 2.32. The van der Waals surface area contributed by atoms with Crippen LogP contribution < -0.4 is 9.80 Å². The van der Waals surface area contributed by atoms with Gasteiger partial charge in [-0.2, -0.15) is 0 Å². The first kappa shape index (κ1) is 15.7. The number of hydrogen-bond acceptors (Lipinski definition) is 4. The Balaban J connectivity index is 1.41. The molecule has 5 rings (SSSR count). The van der Waals surface area contributed by atoms with Crippen molar-refractivity contribution in [1.29, 1.82) is 0 Å². The maximum atomic E-state index is 5.44. The maximum absolute atomic E-state index is 5.44. The smallest absolute Gasteiger partial charge is 0.128 e. The van der Waals surface area contributed by atoms with E-state index in [0.717, 1.165) is 51.6 Å². The molecule has 5 heteroatoms. The highest BCUT2D eigenvalue weighted by atomic mass is 16.5. The second-order valence-corrected chi connectivity index (χ2v) is 7.15. The molecular weight excluding hydrogens is 324 g/mol. The largest absolute Gasteiger partial charge is 0.378 e. The van der Waals surface area contributed by atoms with Gasteiger partial charge in [0, 0.05) is 61.8 Å². The molecule has 3 aromatic rings. The summed E-state index contributed by atoms with van der Waals surface area (Å²) in [4.78, 5) is 9.52. The van der Waals surface area contributed by atoms with Crippen LogP contribution in [0.25, 0.3) is 10.9 Å². The molecule has 2 aromatic heterocycles. The third kappa shape index (κ3) is 2.54. The Bertz CT molecular complexity index is 925. The van der Waals surface area contributed by atoms with Crippen molar-refractivity contribution < 1.29 is 4.74 Å². The minimum Gasteiger partial charge on any atom is -0.378 e. The van der Waals surface area contributed by atoms with E-state index in [4.69, 9.17) is 9.72 Å². The SMILES string of the molecule is Cn1c2c(c3ccccc31)CN(c1ccc(N3CCOCC3)cn1)CC2. The second kappa shape index (κ2) is 6.32. The minimum atomic E-state index is 0.803. The molecule has 0 bridgehead atoms. The van der Waals surface area contributed by atoms with Crippen molar-refractivity contribution >= 4 is 22.4 Å². The van der Waals surface area contributed by atoms with Gasteiger partial charge in [0.05, 0.1) is 25.1 Å². The van der Waals surface area contributed by atoms with Gasteiger partial charge in [0.15, 0.2) is 0 Å². The molecule has 5 nitrogen and oxygen atoms in total. The van der Waals surface area contributed by atoms with Gasteiger partial charge in [-0.15, -0.1) is 0 Å². The Morgan fingerprint density at radius 3 is 2.62 bits per heavy atom. The minimum absolute atomic E-state index is 0.803. The third-order valence-electron chi connectivity index (χ3n) is 5.74. The molecule has 134 valence electrons. The lowest BCUT2D eigenvalue weighted by atomic mass is 10.0. The van der Waals surface area contributed by atoms with Crippen molar-refractivity contribution in [3.8, 4) is 0 Å². The number of aryl methyl sites for hydroxylation is 1. The first-order valence-electron chi connectivity index (χ1n) is 9.40. The summed E-state index contributed by atoms with van der Waals surface area (Å²) in [6, 6.07) is 13.1. The third-order valence-corrected chi connectivity index (χ3v) is 5.74. The lowest BCUT2D eigenvalue weighted by Gasteiger charge is -2.31. The van der Waals surface area contributed by atoms with E-state index in [-0.39, 0.29) is 0 Å². The van der Waals surface area contributed by atoms with E-state index in [2.05, 4.69) is 57.8 Å². The number of morpholine rings is 1. The second-order valence-electron chi connectivity index (χ2n) is 7.15. The molecule has 0 N–H and O–H groups in total. The van der Waals surface area contributed by atoms with Crippen LogP contribution in [-0.4, -0.2) is 42.4 Å². The predicted molar refractivity (Wildman–Crippen MR) is 105 cm³/mol. The molecule has 0 aliphatic carbocycles. The summed E-state index contributed by atoms with van der Waals surface area (Å²) in [6.45, 7) is 5.45. The zero-order valence-electron chi connectivity index (χ0n) is 15.2. The number of pyridine rings is 1. The summed E-state index contributed by atoms with van der Waals surface area (Å²) in [7, 11) is 2.19. The summed E-state index contributed by atoms with van der Waals surface area (Å²) >= 11 is 0. The van der Waals surface area contributed by atoms with Crippen LogP contribution in [0.2, 0.25) is 0 Å². The van der Waals surface area contributed by atoms with Crippen molar-refractivity contribution in [2.75, 3.05) is 42.6 Å². The van der Waals surface area contributed by atoms with Crippen molar-refractivity contribution in [3.05, 3.63) is 53.9 Å². The van der Waals surface area contributed by atoms with Crippen LogP contribution >= 0.6 is 0 Å². The predicted octanol–water partition coefficient (Wildman–Crippen LogP) is 2.97. The van der Waals surface area contributed by atoms with Gasteiger partial charge in [0.2, 0.25) is 0 Å². The zero-order chi connectivity index (χ0) is 17.5. The molecule has 0 saturated carbocycles. The first-order valence-corrected chi connectivity index (χ1v) is 9.40. The summed E-state index contributed by atoms with van der Waals surface area (Å²) in [5.41, 5.74) is 5.44. The standard InChI is InChI=1S/C21H24N4O/c1-23-19-5-3-2-4-17(19)18-15-25(9-8-20(18)23)21-7-6-16(14-22-21)24-10-12-26-13-11-24/h2-7,14H,8-13,15H2,1H3. The molecule has 4 heterocycles. The van der Waals surface area contributed by atoms with Crippen molar-refractivity contribution in [2.24, 2.45) is 7.05 Å². The average molecular weight is 348 g/mol. The quantitative estimate of drug-likeness (QED) is 0.713. The zero-order valence-corrected chi connectivity index (χ0v) is 15.2. The van der Waals surface area contributed by atoms with Gasteiger partial charge < -0.3 is 19.1 Å².